The SMILES string of the molecule is CC(=NO)c1nc(-c2ccncc2C)[nH]c1C. The molecule has 2 N–H and O–H groups in total. The molecule has 0 aliphatic rings. The van der Waals surface area contributed by atoms with Gasteiger partial charge < -0.3 is 10.2 Å². The normalized spacial score (nSPS) is 11.8. The molecule has 0 spiro atoms. The molecule has 5 nitrogen and oxygen atoms in total. The van der Waals surface area contributed by atoms with Gasteiger partial charge in [0.15, 0.2) is 0 Å². The number of imidazole rings is 1. The van der Waals surface area contributed by atoms with Crippen LogP contribution in [-0.2, 0) is 0 Å². The summed E-state index contributed by atoms with van der Waals surface area (Å²) < 4.78 is 0. The number of hydrogen-bond donors (Lipinski definition) is 2. The van der Waals surface area contributed by atoms with E-state index >= 15 is 0 Å². The van der Waals surface area contributed by atoms with Crippen molar-refractivity contribution in [1.29, 1.82) is 0 Å². The summed E-state index contributed by atoms with van der Waals surface area (Å²) in [6.45, 7) is 5.59. The van der Waals surface area contributed by atoms with E-state index in [-0.39, 0.29) is 0 Å². The van der Waals surface area contributed by atoms with Crippen LogP contribution in [0.3, 0.4) is 0 Å². The fourth-order valence-corrected chi connectivity index (χ4v) is 1.73. The smallest absolute Gasteiger partial charge is 0.138 e. The second kappa shape index (κ2) is 4.37. The number of nitrogens with one attached hydrogen (secondary N) is 1. The molecule has 0 fully saturated rings. The summed E-state index contributed by atoms with van der Waals surface area (Å²) in [6, 6.07) is 1.91. The summed E-state index contributed by atoms with van der Waals surface area (Å²) in [5, 5.41) is 11.9. The Hall–Kier alpha value is -2.17. The van der Waals surface area contributed by atoms with Crippen molar-refractivity contribution in [2.24, 2.45) is 5.16 Å². The van der Waals surface area contributed by atoms with Gasteiger partial charge in [0.25, 0.3) is 0 Å². The maximum absolute atomic E-state index is 8.77. The first kappa shape index (κ1) is 11.3. The summed E-state index contributed by atoms with van der Waals surface area (Å²) in [6.07, 6.45) is 3.52. The Morgan fingerprint density at radius 3 is 2.82 bits per heavy atom. The van der Waals surface area contributed by atoms with Crippen molar-refractivity contribution in [1.82, 2.24) is 15.0 Å². The van der Waals surface area contributed by atoms with E-state index in [0.717, 1.165) is 22.6 Å². The zero-order valence-corrected chi connectivity index (χ0v) is 10.0. The van der Waals surface area contributed by atoms with Gasteiger partial charge in [0.2, 0.25) is 0 Å². The Morgan fingerprint density at radius 1 is 1.41 bits per heavy atom. The molecule has 0 radical (unpaired) electrons. The van der Waals surface area contributed by atoms with Crippen LogP contribution in [0.15, 0.2) is 23.6 Å². The third kappa shape index (κ3) is 2.04. The predicted molar refractivity (Wildman–Crippen MR) is 65.3 cm³/mol. The van der Waals surface area contributed by atoms with Gasteiger partial charge in [-0.25, -0.2) is 4.98 Å². The van der Waals surface area contributed by atoms with Gasteiger partial charge in [-0.3, -0.25) is 4.98 Å². The molecule has 0 aromatic carbocycles. The van der Waals surface area contributed by atoms with Gasteiger partial charge in [0, 0.05) is 23.7 Å². The number of aryl methyl sites for hydroxylation is 2. The van der Waals surface area contributed by atoms with Crippen molar-refractivity contribution in [2.45, 2.75) is 20.8 Å². The topological polar surface area (TPSA) is 74.2 Å². The molecular weight excluding hydrogens is 216 g/mol. The van der Waals surface area contributed by atoms with E-state index in [1.807, 2.05) is 19.9 Å². The number of H-pyrrole nitrogens is 1. The molecule has 0 saturated carbocycles. The molecule has 0 saturated heterocycles. The summed E-state index contributed by atoms with van der Waals surface area (Å²) in [7, 11) is 0. The fraction of sp³-hybridized carbons (Fsp3) is 0.250. The van der Waals surface area contributed by atoms with Crippen molar-refractivity contribution >= 4 is 5.71 Å². The van der Waals surface area contributed by atoms with Crippen molar-refractivity contribution in [3.8, 4) is 11.4 Å². The van der Waals surface area contributed by atoms with Crippen LogP contribution in [0, 0.1) is 13.8 Å². The summed E-state index contributed by atoms with van der Waals surface area (Å²) >= 11 is 0. The number of aromatic nitrogens is 3. The maximum Gasteiger partial charge on any atom is 0.138 e. The fourth-order valence-electron chi connectivity index (χ4n) is 1.73. The van der Waals surface area contributed by atoms with Gasteiger partial charge >= 0.3 is 0 Å². The third-order valence-corrected chi connectivity index (χ3v) is 2.65. The highest BCUT2D eigenvalue weighted by molar-refractivity contribution is 5.98. The molecule has 2 aromatic heterocycles. The molecule has 0 unspecified atom stereocenters. The van der Waals surface area contributed by atoms with Gasteiger partial charge in [-0.15, -0.1) is 0 Å². The molecular formula is C12H14N4O. The quantitative estimate of drug-likeness (QED) is 0.472. The minimum Gasteiger partial charge on any atom is -0.411 e. The van der Waals surface area contributed by atoms with E-state index in [2.05, 4.69) is 20.1 Å². The number of aromatic amines is 1. The van der Waals surface area contributed by atoms with Crippen molar-refractivity contribution in [3.05, 3.63) is 35.4 Å². The second-order valence-electron chi connectivity index (χ2n) is 3.94. The molecule has 0 amide bonds. The largest absolute Gasteiger partial charge is 0.411 e. The maximum atomic E-state index is 8.77. The molecule has 88 valence electrons. The first-order valence-electron chi connectivity index (χ1n) is 5.30. The van der Waals surface area contributed by atoms with E-state index in [4.69, 9.17) is 5.21 Å². The molecule has 2 heterocycles. The standard InChI is InChI=1S/C12H14N4O/c1-7-6-13-5-4-10(7)12-14-8(2)11(15-12)9(3)16-17/h4-6,17H,1-3H3,(H,14,15). The monoisotopic (exact) mass is 230 g/mol. The highest BCUT2D eigenvalue weighted by Crippen LogP contribution is 2.21. The molecule has 0 bridgehead atoms. The molecule has 2 aromatic rings. The van der Waals surface area contributed by atoms with Crippen LogP contribution in [0.5, 0.6) is 0 Å². The van der Waals surface area contributed by atoms with Crippen LogP contribution in [0.1, 0.15) is 23.9 Å². The minimum atomic E-state index is 0.497. The van der Waals surface area contributed by atoms with Crippen molar-refractivity contribution < 1.29 is 5.21 Å². The van der Waals surface area contributed by atoms with Crippen LogP contribution in [-0.4, -0.2) is 25.9 Å². The molecule has 17 heavy (non-hydrogen) atoms. The first-order chi connectivity index (χ1) is 8.13. The molecule has 0 aliphatic heterocycles. The van der Waals surface area contributed by atoms with Crippen LogP contribution in [0.25, 0.3) is 11.4 Å². The van der Waals surface area contributed by atoms with Crippen LogP contribution < -0.4 is 0 Å². The van der Waals surface area contributed by atoms with Gasteiger partial charge in [0.1, 0.15) is 17.2 Å². The lowest BCUT2D eigenvalue weighted by atomic mass is 10.1. The highest BCUT2D eigenvalue weighted by atomic mass is 16.4. The molecule has 0 aliphatic carbocycles. The lowest BCUT2D eigenvalue weighted by Crippen LogP contribution is -1.97. The zero-order chi connectivity index (χ0) is 12.4. The van der Waals surface area contributed by atoms with Gasteiger partial charge in [0.05, 0.1) is 0 Å². The number of rotatable bonds is 2. The number of oxime groups is 1. The first-order valence-corrected chi connectivity index (χ1v) is 5.30. The lowest BCUT2D eigenvalue weighted by molar-refractivity contribution is 0.319. The molecule has 2 rings (SSSR count). The Bertz CT molecular complexity index is 572. The average Bonchev–Trinajstić information content (AvgIpc) is 2.71. The van der Waals surface area contributed by atoms with Gasteiger partial charge in [-0.2, -0.15) is 0 Å². The number of pyridine rings is 1. The summed E-state index contributed by atoms with van der Waals surface area (Å²) in [5.74, 6) is 0.764. The number of nitrogens with zero attached hydrogens (tertiary/aromatic N) is 3. The van der Waals surface area contributed by atoms with Gasteiger partial charge in [-0.05, 0) is 32.4 Å². The van der Waals surface area contributed by atoms with Crippen molar-refractivity contribution in [3.63, 3.8) is 0 Å². The molecule has 5 heteroatoms. The summed E-state index contributed by atoms with van der Waals surface area (Å²) in [5.41, 5.74) is 4.11. The van der Waals surface area contributed by atoms with Crippen LogP contribution in [0.4, 0.5) is 0 Å². The van der Waals surface area contributed by atoms with E-state index in [1.54, 1.807) is 19.3 Å². The Morgan fingerprint density at radius 2 is 2.18 bits per heavy atom. The highest BCUT2D eigenvalue weighted by Gasteiger charge is 2.12. The minimum absolute atomic E-state index is 0.497. The van der Waals surface area contributed by atoms with E-state index in [9.17, 15) is 0 Å². The van der Waals surface area contributed by atoms with Gasteiger partial charge in [-0.1, -0.05) is 5.16 Å². The van der Waals surface area contributed by atoms with E-state index in [1.165, 1.54) is 0 Å². The van der Waals surface area contributed by atoms with Crippen LogP contribution in [0.2, 0.25) is 0 Å². The second-order valence-corrected chi connectivity index (χ2v) is 3.94. The van der Waals surface area contributed by atoms with E-state index < -0.39 is 0 Å². The zero-order valence-electron chi connectivity index (χ0n) is 10.0. The van der Waals surface area contributed by atoms with E-state index in [0.29, 0.717) is 11.4 Å². The Balaban J connectivity index is 2.53. The lowest BCUT2D eigenvalue weighted by Gasteiger charge is -1.99. The molecule has 0 atom stereocenters. The predicted octanol–water partition coefficient (Wildman–Crippen LogP) is 2.29. The van der Waals surface area contributed by atoms with Crippen LogP contribution >= 0.6 is 0 Å². The number of hydrogen-bond acceptors (Lipinski definition) is 4. The van der Waals surface area contributed by atoms with Crippen molar-refractivity contribution in [2.75, 3.05) is 0 Å². The Kier molecular flexibility index (Phi) is 2.91. The Labute approximate surface area is 99.2 Å². The average molecular weight is 230 g/mol. The third-order valence-electron chi connectivity index (χ3n) is 2.65. The summed E-state index contributed by atoms with van der Waals surface area (Å²) in [4.78, 5) is 11.7.